The smallest absolute Gasteiger partial charge is 0.0485 e. The Hall–Kier alpha value is -1.32. The summed E-state index contributed by atoms with van der Waals surface area (Å²) in [5, 5.41) is 1.44. The topological polar surface area (TPSA) is 11.4 Å². The average molecular weight is 299 g/mol. The highest BCUT2D eigenvalue weighted by atomic mass is 15.2. The molecule has 22 heavy (non-hydrogen) atoms. The van der Waals surface area contributed by atoms with E-state index < -0.39 is 0 Å². The number of benzene rings is 1. The molecule has 3 nitrogen and oxygen atoms in total. The third-order valence-electron chi connectivity index (χ3n) is 4.90. The van der Waals surface area contributed by atoms with Crippen LogP contribution in [0.15, 0.2) is 30.5 Å². The quantitative estimate of drug-likeness (QED) is 0.838. The average Bonchev–Trinajstić information content (AvgIpc) is 2.89. The molecule has 2 heterocycles. The molecule has 0 atom stereocenters. The minimum atomic E-state index is 0.524. The van der Waals surface area contributed by atoms with Gasteiger partial charge in [-0.15, -0.1) is 0 Å². The first kappa shape index (κ1) is 15.6. The Kier molecular flexibility index (Phi) is 4.84. The fourth-order valence-corrected chi connectivity index (χ4v) is 3.47. The second-order valence-electron chi connectivity index (χ2n) is 6.92. The molecule has 3 rings (SSSR count). The van der Waals surface area contributed by atoms with Crippen LogP contribution in [0.5, 0.6) is 0 Å². The van der Waals surface area contributed by atoms with Crippen LogP contribution < -0.4 is 0 Å². The molecule has 1 aromatic heterocycles. The lowest BCUT2D eigenvalue weighted by Gasteiger charge is -2.32. The second kappa shape index (κ2) is 6.84. The number of piperazine rings is 1. The summed E-state index contributed by atoms with van der Waals surface area (Å²) in [5.74, 6) is 0. The van der Waals surface area contributed by atoms with Gasteiger partial charge in [-0.25, -0.2) is 0 Å². The lowest BCUT2D eigenvalue weighted by atomic mass is 10.1. The summed E-state index contributed by atoms with van der Waals surface area (Å²) in [4.78, 5) is 5.04. The van der Waals surface area contributed by atoms with Crippen molar-refractivity contribution < 1.29 is 0 Å². The summed E-state index contributed by atoms with van der Waals surface area (Å²) >= 11 is 0. The van der Waals surface area contributed by atoms with E-state index in [1.807, 2.05) is 0 Å². The zero-order valence-electron chi connectivity index (χ0n) is 14.3. The zero-order valence-corrected chi connectivity index (χ0v) is 14.3. The maximum absolute atomic E-state index is 2.61. The fraction of sp³-hybridized carbons (Fsp3) is 0.579. The maximum atomic E-state index is 2.61. The number of rotatable bonds is 5. The molecule has 0 bridgehead atoms. The van der Waals surface area contributed by atoms with Gasteiger partial charge >= 0.3 is 0 Å². The number of hydrogen-bond donors (Lipinski definition) is 0. The third kappa shape index (κ3) is 3.36. The van der Waals surface area contributed by atoms with Crippen LogP contribution in [-0.2, 0) is 6.42 Å². The number of likely N-dealkylation sites (N-methyl/N-ethyl adjacent to an activating group) is 1. The van der Waals surface area contributed by atoms with Crippen LogP contribution >= 0.6 is 0 Å². The van der Waals surface area contributed by atoms with Crippen LogP contribution in [0.1, 0.15) is 31.9 Å². The Morgan fingerprint density at radius 3 is 2.50 bits per heavy atom. The molecule has 0 spiro atoms. The molecule has 1 aliphatic rings. The molecule has 0 saturated carbocycles. The summed E-state index contributed by atoms with van der Waals surface area (Å²) in [6.45, 7) is 10.6. The SMILES string of the molecule is CC(C)n1cc(CCCN2CCN(C)CC2)c2ccccc21. The molecule has 0 radical (unpaired) electrons. The van der Waals surface area contributed by atoms with E-state index in [1.165, 1.54) is 62.0 Å². The van der Waals surface area contributed by atoms with Gasteiger partial charge in [-0.1, -0.05) is 18.2 Å². The van der Waals surface area contributed by atoms with E-state index >= 15 is 0 Å². The minimum Gasteiger partial charge on any atom is -0.345 e. The highest BCUT2D eigenvalue weighted by Crippen LogP contribution is 2.25. The number of nitrogens with zero attached hydrogens (tertiary/aromatic N) is 3. The molecule has 0 N–H and O–H groups in total. The first-order valence-electron chi connectivity index (χ1n) is 8.64. The summed E-state index contributed by atoms with van der Waals surface area (Å²) in [6, 6.07) is 9.36. The third-order valence-corrected chi connectivity index (χ3v) is 4.90. The molecular formula is C19H29N3. The number of para-hydroxylation sites is 1. The van der Waals surface area contributed by atoms with Gasteiger partial charge in [-0.2, -0.15) is 0 Å². The van der Waals surface area contributed by atoms with Crippen LogP contribution in [0.25, 0.3) is 10.9 Å². The molecule has 0 aliphatic carbocycles. The Morgan fingerprint density at radius 1 is 1.05 bits per heavy atom. The van der Waals surface area contributed by atoms with Crippen molar-refractivity contribution in [1.82, 2.24) is 14.4 Å². The Balaban J connectivity index is 1.64. The van der Waals surface area contributed by atoms with Gasteiger partial charge in [0.15, 0.2) is 0 Å². The highest BCUT2D eigenvalue weighted by Gasteiger charge is 2.14. The van der Waals surface area contributed by atoms with Crippen LogP contribution in [0.2, 0.25) is 0 Å². The standard InChI is InChI=1S/C19H29N3/c1-16(2)22-15-17(18-8-4-5-9-19(18)22)7-6-10-21-13-11-20(3)12-14-21/h4-5,8-9,15-16H,6-7,10-14H2,1-3H3. The van der Waals surface area contributed by atoms with E-state index in [-0.39, 0.29) is 0 Å². The monoisotopic (exact) mass is 299 g/mol. The number of aryl methyl sites for hydroxylation is 1. The molecule has 1 fully saturated rings. The Labute approximate surface area is 134 Å². The Bertz CT molecular complexity index is 606. The van der Waals surface area contributed by atoms with Crippen molar-refractivity contribution in [2.75, 3.05) is 39.8 Å². The predicted octanol–water partition coefficient (Wildman–Crippen LogP) is 3.40. The van der Waals surface area contributed by atoms with Crippen molar-refractivity contribution in [2.24, 2.45) is 0 Å². The number of fused-ring (bicyclic) bond motifs is 1. The van der Waals surface area contributed by atoms with Crippen LogP contribution in [0, 0.1) is 0 Å². The van der Waals surface area contributed by atoms with Gasteiger partial charge in [0.05, 0.1) is 0 Å². The summed E-state index contributed by atoms with van der Waals surface area (Å²) in [5.41, 5.74) is 2.89. The van der Waals surface area contributed by atoms with E-state index in [2.05, 4.69) is 65.7 Å². The summed E-state index contributed by atoms with van der Waals surface area (Å²) < 4.78 is 2.42. The molecule has 1 aliphatic heterocycles. The predicted molar refractivity (Wildman–Crippen MR) is 94.6 cm³/mol. The van der Waals surface area contributed by atoms with Gasteiger partial charge in [0.2, 0.25) is 0 Å². The van der Waals surface area contributed by atoms with Crippen molar-refractivity contribution in [3.05, 3.63) is 36.0 Å². The van der Waals surface area contributed by atoms with Crippen molar-refractivity contribution >= 4 is 10.9 Å². The van der Waals surface area contributed by atoms with Crippen molar-refractivity contribution in [3.63, 3.8) is 0 Å². The zero-order chi connectivity index (χ0) is 15.5. The van der Waals surface area contributed by atoms with E-state index in [4.69, 9.17) is 0 Å². The van der Waals surface area contributed by atoms with Gasteiger partial charge in [0.1, 0.15) is 0 Å². The normalized spacial score (nSPS) is 17.6. The van der Waals surface area contributed by atoms with E-state index in [0.29, 0.717) is 6.04 Å². The molecule has 1 saturated heterocycles. The summed E-state index contributed by atoms with van der Waals surface area (Å²) in [6.07, 6.45) is 4.82. The van der Waals surface area contributed by atoms with Crippen molar-refractivity contribution in [3.8, 4) is 0 Å². The first-order valence-corrected chi connectivity index (χ1v) is 8.64. The van der Waals surface area contributed by atoms with E-state index in [0.717, 1.165) is 0 Å². The van der Waals surface area contributed by atoms with Crippen LogP contribution in [0.3, 0.4) is 0 Å². The van der Waals surface area contributed by atoms with Gasteiger partial charge in [-0.3, -0.25) is 0 Å². The van der Waals surface area contributed by atoms with Crippen molar-refractivity contribution in [1.29, 1.82) is 0 Å². The Morgan fingerprint density at radius 2 is 1.77 bits per heavy atom. The second-order valence-corrected chi connectivity index (χ2v) is 6.92. The highest BCUT2D eigenvalue weighted by molar-refractivity contribution is 5.84. The molecule has 2 aromatic rings. The number of hydrogen-bond acceptors (Lipinski definition) is 2. The molecule has 0 unspecified atom stereocenters. The summed E-state index contributed by atoms with van der Waals surface area (Å²) in [7, 11) is 2.22. The number of aromatic nitrogens is 1. The fourth-order valence-electron chi connectivity index (χ4n) is 3.47. The van der Waals surface area contributed by atoms with Gasteiger partial charge in [0, 0.05) is 49.3 Å². The van der Waals surface area contributed by atoms with E-state index in [1.54, 1.807) is 0 Å². The lowest BCUT2D eigenvalue weighted by molar-refractivity contribution is 0.153. The molecule has 3 heteroatoms. The largest absolute Gasteiger partial charge is 0.345 e. The molecule has 0 amide bonds. The first-order chi connectivity index (χ1) is 10.6. The molecular weight excluding hydrogens is 270 g/mol. The van der Waals surface area contributed by atoms with Crippen LogP contribution in [0.4, 0.5) is 0 Å². The van der Waals surface area contributed by atoms with Gasteiger partial charge < -0.3 is 14.4 Å². The van der Waals surface area contributed by atoms with Crippen LogP contribution in [-0.4, -0.2) is 54.1 Å². The van der Waals surface area contributed by atoms with Crippen molar-refractivity contribution in [2.45, 2.75) is 32.7 Å². The van der Waals surface area contributed by atoms with E-state index in [9.17, 15) is 0 Å². The molecule has 1 aromatic carbocycles. The minimum absolute atomic E-state index is 0.524. The maximum Gasteiger partial charge on any atom is 0.0485 e. The lowest BCUT2D eigenvalue weighted by Crippen LogP contribution is -2.44. The molecule has 120 valence electrons. The van der Waals surface area contributed by atoms with Gasteiger partial charge in [0.25, 0.3) is 0 Å². The van der Waals surface area contributed by atoms with Gasteiger partial charge in [-0.05, 0) is 51.9 Å².